The lowest BCUT2D eigenvalue weighted by atomic mass is 10.2. The molecule has 0 heterocycles. The summed E-state index contributed by atoms with van der Waals surface area (Å²) in [5, 5.41) is 0. The van der Waals surface area contributed by atoms with E-state index in [9.17, 15) is 12.8 Å². The first-order chi connectivity index (χ1) is 6.98. The van der Waals surface area contributed by atoms with Gasteiger partial charge in [0.2, 0.25) is 15.3 Å². The van der Waals surface area contributed by atoms with Gasteiger partial charge in [-0.25, -0.2) is 12.8 Å². The van der Waals surface area contributed by atoms with Crippen LogP contribution in [0.1, 0.15) is 12.0 Å². The predicted octanol–water partition coefficient (Wildman–Crippen LogP) is 2.64. The van der Waals surface area contributed by atoms with Crippen LogP contribution in [-0.2, 0) is 9.84 Å². The van der Waals surface area contributed by atoms with E-state index in [0.29, 0.717) is 0 Å². The van der Waals surface area contributed by atoms with Gasteiger partial charge in [0.25, 0.3) is 0 Å². The van der Waals surface area contributed by atoms with E-state index in [-0.39, 0.29) is 11.3 Å². The van der Waals surface area contributed by atoms with Crippen molar-refractivity contribution in [2.24, 2.45) is 0 Å². The molecule has 15 heavy (non-hydrogen) atoms. The van der Waals surface area contributed by atoms with Crippen molar-refractivity contribution in [1.82, 2.24) is 0 Å². The van der Waals surface area contributed by atoms with Crippen LogP contribution in [0, 0.1) is 6.92 Å². The molecule has 0 N–H and O–H groups in total. The second-order valence-corrected chi connectivity index (χ2v) is 5.37. The summed E-state index contributed by atoms with van der Waals surface area (Å²) < 4.78 is 36.5. The van der Waals surface area contributed by atoms with Crippen molar-refractivity contribution >= 4 is 9.84 Å². The zero-order valence-corrected chi connectivity index (χ0v) is 9.30. The number of hydrogen-bond donors (Lipinski definition) is 0. The maximum absolute atomic E-state index is 13.3. The lowest BCUT2D eigenvalue weighted by molar-refractivity contribution is 0.421. The van der Waals surface area contributed by atoms with Crippen LogP contribution < -0.4 is 0 Å². The third-order valence-corrected chi connectivity index (χ3v) is 3.83. The van der Waals surface area contributed by atoms with E-state index in [1.807, 2.05) is 6.92 Å². The topological polar surface area (TPSA) is 34.1 Å². The van der Waals surface area contributed by atoms with Crippen LogP contribution in [-0.4, -0.2) is 13.9 Å². The Kier molecular flexibility index (Phi) is 3.63. The van der Waals surface area contributed by atoms with Crippen LogP contribution >= 0.6 is 0 Å². The molecule has 0 amide bonds. The van der Waals surface area contributed by atoms with Crippen LogP contribution in [0.25, 0.3) is 0 Å². The van der Waals surface area contributed by atoms with Gasteiger partial charge >= 0.3 is 0 Å². The highest BCUT2D eigenvalue weighted by Crippen LogP contribution is 2.19. The lowest BCUT2D eigenvalue weighted by Crippen LogP contribution is -2.15. The Hall–Kier alpha value is -1.16. The average molecular weight is 228 g/mol. The van der Waals surface area contributed by atoms with E-state index >= 15 is 0 Å². The normalized spacial score (nSPS) is 13.5. The standard InChI is InChI=1S/C11H13FO2S/c1-3-4-11(12)15(13,14)10-7-5-9(2)6-8-10/h3,5-8,11H,1,4H2,2H3. The lowest BCUT2D eigenvalue weighted by Gasteiger charge is -2.07. The van der Waals surface area contributed by atoms with E-state index in [1.165, 1.54) is 18.2 Å². The zero-order chi connectivity index (χ0) is 11.5. The maximum Gasteiger partial charge on any atom is 0.210 e. The SMILES string of the molecule is C=CCC(F)S(=O)(=O)c1ccc(C)cc1. The number of allylic oxidation sites excluding steroid dienone is 1. The van der Waals surface area contributed by atoms with Crippen LogP contribution in [0.5, 0.6) is 0 Å². The Morgan fingerprint density at radius 3 is 2.40 bits per heavy atom. The molecule has 0 radical (unpaired) electrons. The Morgan fingerprint density at radius 2 is 1.93 bits per heavy atom. The minimum Gasteiger partial charge on any atom is -0.229 e. The summed E-state index contributed by atoms with van der Waals surface area (Å²) in [4.78, 5) is 0.0162. The minimum absolute atomic E-state index is 0.0162. The Bertz CT molecular complexity index is 434. The van der Waals surface area contributed by atoms with Gasteiger partial charge in [0, 0.05) is 6.42 Å². The van der Waals surface area contributed by atoms with Gasteiger partial charge in [-0.2, -0.15) is 0 Å². The van der Waals surface area contributed by atoms with Gasteiger partial charge in [-0.3, -0.25) is 0 Å². The Balaban J connectivity index is 3.06. The fourth-order valence-corrected chi connectivity index (χ4v) is 2.33. The van der Waals surface area contributed by atoms with Crippen LogP contribution in [0.15, 0.2) is 41.8 Å². The number of benzene rings is 1. The quantitative estimate of drug-likeness (QED) is 0.742. The van der Waals surface area contributed by atoms with E-state index in [0.717, 1.165) is 5.56 Å². The smallest absolute Gasteiger partial charge is 0.210 e. The molecule has 0 aliphatic rings. The van der Waals surface area contributed by atoms with Gasteiger partial charge in [-0.15, -0.1) is 6.58 Å². The number of sulfone groups is 1. The van der Waals surface area contributed by atoms with Crippen molar-refractivity contribution in [3.63, 3.8) is 0 Å². The summed E-state index contributed by atoms with van der Waals surface area (Å²) in [6, 6.07) is 6.13. The van der Waals surface area contributed by atoms with E-state index < -0.39 is 15.3 Å². The summed E-state index contributed by atoms with van der Waals surface area (Å²) in [6.45, 7) is 5.16. The predicted molar refractivity (Wildman–Crippen MR) is 58.1 cm³/mol. The van der Waals surface area contributed by atoms with Crippen LogP contribution in [0.4, 0.5) is 4.39 Å². The van der Waals surface area contributed by atoms with E-state index in [1.54, 1.807) is 12.1 Å². The summed E-state index contributed by atoms with van der Waals surface area (Å²) in [5.74, 6) is 0. The van der Waals surface area contributed by atoms with Gasteiger partial charge in [0.05, 0.1) is 4.90 Å². The molecule has 0 saturated carbocycles. The minimum atomic E-state index is -3.86. The highest BCUT2D eigenvalue weighted by Gasteiger charge is 2.25. The summed E-state index contributed by atoms with van der Waals surface area (Å²) >= 11 is 0. The largest absolute Gasteiger partial charge is 0.229 e. The van der Waals surface area contributed by atoms with Crippen molar-refractivity contribution in [3.05, 3.63) is 42.5 Å². The van der Waals surface area contributed by atoms with Crippen molar-refractivity contribution < 1.29 is 12.8 Å². The molecular weight excluding hydrogens is 215 g/mol. The molecule has 0 aliphatic heterocycles. The van der Waals surface area contributed by atoms with Crippen LogP contribution in [0.3, 0.4) is 0 Å². The zero-order valence-electron chi connectivity index (χ0n) is 8.48. The van der Waals surface area contributed by atoms with Crippen LogP contribution in [0.2, 0.25) is 0 Å². The van der Waals surface area contributed by atoms with Crippen molar-refractivity contribution in [2.45, 2.75) is 23.7 Å². The second kappa shape index (κ2) is 4.57. The summed E-state index contributed by atoms with van der Waals surface area (Å²) in [5.41, 5.74) is -0.967. The third kappa shape index (κ3) is 2.65. The molecule has 2 nitrogen and oxygen atoms in total. The number of aryl methyl sites for hydroxylation is 1. The molecule has 82 valence electrons. The fraction of sp³-hybridized carbons (Fsp3) is 0.273. The molecule has 1 aromatic carbocycles. The molecule has 0 saturated heterocycles. The van der Waals surface area contributed by atoms with Crippen molar-refractivity contribution in [3.8, 4) is 0 Å². The molecule has 1 rings (SSSR count). The summed E-state index contributed by atoms with van der Waals surface area (Å²) in [6.07, 6.45) is 1.08. The van der Waals surface area contributed by atoms with Gasteiger partial charge in [-0.05, 0) is 19.1 Å². The first kappa shape index (κ1) is 11.9. The second-order valence-electron chi connectivity index (χ2n) is 3.29. The number of rotatable bonds is 4. The highest BCUT2D eigenvalue weighted by atomic mass is 32.2. The average Bonchev–Trinajstić information content (AvgIpc) is 2.18. The van der Waals surface area contributed by atoms with Crippen molar-refractivity contribution in [1.29, 1.82) is 0 Å². The summed E-state index contributed by atoms with van der Waals surface area (Å²) in [7, 11) is -3.86. The van der Waals surface area contributed by atoms with E-state index in [4.69, 9.17) is 0 Å². The molecule has 0 fully saturated rings. The van der Waals surface area contributed by atoms with Gasteiger partial charge in [0.15, 0.2) is 0 Å². The molecule has 4 heteroatoms. The Morgan fingerprint density at radius 1 is 1.40 bits per heavy atom. The molecule has 0 spiro atoms. The highest BCUT2D eigenvalue weighted by molar-refractivity contribution is 7.91. The molecule has 1 unspecified atom stereocenters. The molecule has 0 aliphatic carbocycles. The first-order valence-electron chi connectivity index (χ1n) is 4.54. The van der Waals surface area contributed by atoms with Gasteiger partial charge < -0.3 is 0 Å². The number of halogens is 1. The van der Waals surface area contributed by atoms with Gasteiger partial charge in [-0.1, -0.05) is 23.8 Å². The fourth-order valence-electron chi connectivity index (χ4n) is 1.13. The molecule has 1 atom stereocenters. The van der Waals surface area contributed by atoms with Crippen molar-refractivity contribution in [2.75, 3.05) is 0 Å². The molecule has 0 bridgehead atoms. The number of hydrogen-bond acceptors (Lipinski definition) is 2. The molecule has 0 aromatic heterocycles. The maximum atomic E-state index is 13.3. The monoisotopic (exact) mass is 228 g/mol. The number of alkyl halides is 1. The molecule has 1 aromatic rings. The third-order valence-electron chi connectivity index (χ3n) is 2.04. The first-order valence-corrected chi connectivity index (χ1v) is 6.08. The Labute approximate surface area is 89.4 Å². The molecular formula is C11H13FO2S. The van der Waals surface area contributed by atoms with Gasteiger partial charge in [0.1, 0.15) is 0 Å². The van der Waals surface area contributed by atoms with E-state index in [2.05, 4.69) is 6.58 Å².